The molecule has 1 fully saturated rings. The summed E-state index contributed by atoms with van der Waals surface area (Å²) in [5.74, 6) is -0.370. The molecule has 0 spiro atoms. The number of carbonyl (C=O) groups excluding carboxylic acids is 1. The second-order valence-electron chi connectivity index (χ2n) is 4.02. The van der Waals surface area contributed by atoms with Gasteiger partial charge >= 0.3 is 5.97 Å². The van der Waals surface area contributed by atoms with Gasteiger partial charge in [0.05, 0.1) is 30.3 Å². The third kappa shape index (κ3) is 2.02. The summed E-state index contributed by atoms with van der Waals surface area (Å²) >= 11 is 0. The van der Waals surface area contributed by atoms with Crippen molar-refractivity contribution >= 4 is 17.6 Å². The van der Waals surface area contributed by atoms with Gasteiger partial charge in [0.1, 0.15) is 0 Å². The van der Waals surface area contributed by atoms with Gasteiger partial charge in [-0.25, -0.2) is 4.79 Å². The highest BCUT2D eigenvalue weighted by Crippen LogP contribution is 2.32. The first-order valence-electron chi connectivity index (χ1n) is 5.67. The lowest BCUT2D eigenvalue weighted by Gasteiger charge is -2.02. The summed E-state index contributed by atoms with van der Waals surface area (Å²) in [5, 5.41) is 6.10. The van der Waals surface area contributed by atoms with E-state index in [0.717, 1.165) is 23.4 Å². The van der Waals surface area contributed by atoms with Crippen molar-refractivity contribution in [1.29, 1.82) is 0 Å². The summed E-state index contributed by atoms with van der Waals surface area (Å²) in [5.41, 5.74) is 0.477. The Morgan fingerprint density at radius 1 is 1.65 bits per heavy atom. The third-order valence-electron chi connectivity index (χ3n) is 2.89. The Kier molecular flexibility index (Phi) is 3.13. The molecule has 0 amide bonds. The van der Waals surface area contributed by atoms with Gasteiger partial charge in [-0.3, -0.25) is 4.68 Å². The highest BCUT2D eigenvalue weighted by Gasteiger charge is 2.26. The van der Waals surface area contributed by atoms with E-state index < -0.39 is 0 Å². The van der Waals surface area contributed by atoms with Crippen molar-refractivity contribution in [2.75, 3.05) is 7.11 Å². The molecule has 1 aromatic heterocycles. The van der Waals surface area contributed by atoms with Gasteiger partial charge in [0, 0.05) is 5.22 Å². The first kappa shape index (κ1) is 11.6. The smallest absolute Gasteiger partial charge is 0.340 e. The van der Waals surface area contributed by atoms with Crippen LogP contribution in [-0.4, -0.2) is 22.9 Å². The SMILES string of the molecule is C=C/C(C(=O)OC)=c1\c(=C/C)cnn1C1CC1. The van der Waals surface area contributed by atoms with Crippen molar-refractivity contribution < 1.29 is 9.53 Å². The molecule has 90 valence electrons. The van der Waals surface area contributed by atoms with Gasteiger partial charge < -0.3 is 4.74 Å². The van der Waals surface area contributed by atoms with Crippen LogP contribution in [0.25, 0.3) is 11.6 Å². The molecule has 0 aromatic carbocycles. The topological polar surface area (TPSA) is 44.1 Å². The van der Waals surface area contributed by atoms with Crippen LogP contribution in [0.5, 0.6) is 0 Å². The number of aromatic nitrogens is 2. The van der Waals surface area contributed by atoms with Crippen molar-refractivity contribution in [1.82, 2.24) is 9.78 Å². The molecule has 1 saturated carbocycles. The van der Waals surface area contributed by atoms with E-state index in [0.29, 0.717) is 11.6 Å². The number of methoxy groups -OCH3 is 1. The molecule has 17 heavy (non-hydrogen) atoms. The number of esters is 1. The molecular weight excluding hydrogens is 216 g/mol. The predicted molar refractivity (Wildman–Crippen MR) is 65.5 cm³/mol. The molecule has 0 atom stereocenters. The lowest BCUT2D eigenvalue weighted by Crippen LogP contribution is -2.33. The van der Waals surface area contributed by atoms with E-state index in [2.05, 4.69) is 11.7 Å². The number of hydrogen-bond donors (Lipinski definition) is 0. The maximum atomic E-state index is 11.7. The lowest BCUT2D eigenvalue weighted by atomic mass is 10.2. The highest BCUT2D eigenvalue weighted by atomic mass is 16.5. The number of rotatable bonds is 3. The molecule has 0 saturated heterocycles. The predicted octanol–water partition coefficient (Wildman–Crippen LogP) is 0.528. The van der Waals surface area contributed by atoms with Crippen molar-refractivity contribution in [3.63, 3.8) is 0 Å². The third-order valence-corrected chi connectivity index (χ3v) is 2.89. The van der Waals surface area contributed by atoms with Gasteiger partial charge in [-0.05, 0) is 19.8 Å². The second kappa shape index (κ2) is 4.57. The van der Waals surface area contributed by atoms with E-state index in [9.17, 15) is 4.79 Å². The monoisotopic (exact) mass is 232 g/mol. The fourth-order valence-corrected chi connectivity index (χ4v) is 1.85. The van der Waals surface area contributed by atoms with Crippen molar-refractivity contribution in [2.24, 2.45) is 0 Å². The summed E-state index contributed by atoms with van der Waals surface area (Å²) in [6.07, 6.45) is 7.48. The molecule has 4 nitrogen and oxygen atoms in total. The van der Waals surface area contributed by atoms with E-state index in [1.54, 1.807) is 6.20 Å². The first-order chi connectivity index (χ1) is 8.22. The summed E-state index contributed by atoms with van der Waals surface area (Å²) < 4.78 is 6.69. The van der Waals surface area contributed by atoms with Crippen LogP contribution >= 0.6 is 0 Å². The highest BCUT2D eigenvalue weighted by molar-refractivity contribution is 6.13. The Morgan fingerprint density at radius 2 is 2.35 bits per heavy atom. The van der Waals surface area contributed by atoms with Gasteiger partial charge in [0.25, 0.3) is 0 Å². The summed E-state index contributed by atoms with van der Waals surface area (Å²) in [7, 11) is 1.37. The Hall–Kier alpha value is -1.84. The number of carbonyl (C=O) groups is 1. The molecule has 0 bridgehead atoms. The lowest BCUT2D eigenvalue weighted by molar-refractivity contribution is -0.133. The van der Waals surface area contributed by atoms with Crippen LogP contribution in [0.15, 0.2) is 18.9 Å². The molecule has 1 heterocycles. The Bertz CT molecular complexity index is 565. The standard InChI is InChI=1S/C13H16N2O2/c1-4-9-8-14-15(10-6-7-10)12(9)11(5-2)13(16)17-3/h4-5,8,10H,2,6-7H2,1,3H3/b9-4-,12-11-. The molecule has 1 aliphatic rings. The van der Waals surface area contributed by atoms with E-state index in [1.165, 1.54) is 13.2 Å². The van der Waals surface area contributed by atoms with Gasteiger partial charge in [0.15, 0.2) is 0 Å². The average Bonchev–Trinajstić information content (AvgIpc) is 3.11. The summed E-state index contributed by atoms with van der Waals surface area (Å²) in [6, 6.07) is 0.415. The van der Waals surface area contributed by atoms with Crippen LogP contribution in [0, 0.1) is 0 Å². The molecule has 0 unspecified atom stereocenters. The van der Waals surface area contributed by atoms with Crippen LogP contribution < -0.4 is 10.6 Å². The Balaban J connectivity index is 2.77. The van der Waals surface area contributed by atoms with Gasteiger partial charge in [-0.1, -0.05) is 18.7 Å². The zero-order valence-electron chi connectivity index (χ0n) is 10.1. The molecule has 0 radical (unpaired) electrons. The van der Waals surface area contributed by atoms with Crippen LogP contribution in [0.3, 0.4) is 0 Å². The number of hydrogen-bond acceptors (Lipinski definition) is 3. The van der Waals surface area contributed by atoms with Gasteiger partial charge in [-0.15, -0.1) is 0 Å². The zero-order valence-corrected chi connectivity index (χ0v) is 10.1. The van der Waals surface area contributed by atoms with Crippen LogP contribution in [0.1, 0.15) is 25.8 Å². The minimum Gasteiger partial charge on any atom is -0.465 e. The fourth-order valence-electron chi connectivity index (χ4n) is 1.85. The average molecular weight is 232 g/mol. The summed E-state index contributed by atoms with van der Waals surface area (Å²) in [6.45, 7) is 5.62. The zero-order chi connectivity index (χ0) is 12.4. The van der Waals surface area contributed by atoms with Crippen molar-refractivity contribution in [2.45, 2.75) is 25.8 Å². The van der Waals surface area contributed by atoms with Crippen molar-refractivity contribution in [3.05, 3.63) is 29.4 Å². The second-order valence-corrected chi connectivity index (χ2v) is 4.02. The van der Waals surface area contributed by atoms with Crippen LogP contribution in [0.2, 0.25) is 0 Å². The molecule has 4 heteroatoms. The first-order valence-corrected chi connectivity index (χ1v) is 5.67. The van der Waals surface area contributed by atoms with Crippen molar-refractivity contribution in [3.8, 4) is 0 Å². The maximum absolute atomic E-state index is 11.7. The molecule has 0 aliphatic heterocycles. The normalized spacial score (nSPS) is 17.9. The van der Waals surface area contributed by atoms with Crippen LogP contribution in [-0.2, 0) is 9.53 Å². The molecule has 0 N–H and O–H groups in total. The Morgan fingerprint density at radius 3 is 2.82 bits per heavy atom. The minimum atomic E-state index is -0.370. The largest absolute Gasteiger partial charge is 0.465 e. The Labute approximate surface area is 99.9 Å². The molecule has 2 rings (SSSR count). The minimum absolute atomic E-state index is 0.370. The van der Waals surface area contributed by atoms with Crippen LogP contribution in [0.4, 0.5) is 0 Å². The van der Waals surface area contributed by atoms with Gasteiger partial charge in [-0.2, -0.15) is 5.10 Å². The van der Waals surface area contributed by atoms with E-state index >= 15 is 0 Å². The quantitative estimate of drug-likeness (QED) is 0.714. The fraction of sp³-hybridized carbons (Fsp3) is 0.385. The van der Waals surface area contributed by atoms with E-state index in [4.69, 9.17) is 4.74 Å². The number of ether oxygens (including phenoxy) is 1. The van der Waals surface area contributed by atoms with E-state index in [-0.39, 0.29) is 5.97 Å². The molecule has 1 aliphatic carbocycles. The van der Waals surface area contributed by atoms with E-state index in [1.807, 2.05) is 17.7 Å². The number of nitrogens with zero attached hydrogens (tertiary/aromatic N) is 2. The maximum Gasteiger partial charge on any atom is 0.340 e. The molecular formula is C13H16N2O2. The van der Waals surface area contributed by atoms with Gasteiger partial charge in [0.2, 0.25) is 0 Å². The molecule has 1 aromatic rings. The summed E-state index contributed by atoms with van der Waals surface area (Å²) in [4.78, 5) is 11.7.